The molecule has 4 rings (SSSR count). The Balaban J connectivity index is 1.60. The molecule has 3 aromatic rings. The van der Waals surface area contributed by atoms with E-state index in [4.69, 9.17) is 21.3 Å². The average Bonchev–Trinajstić information content (AvgIpc) is 3.23. The fourth-order valence-corrected chi connectivity index (χ4v) is 4.61. The van der Waals surface area contributed by atoms with Crippen LogP contribution in [0, 0.1) is 6.92 Å². The number of benzene rings is 2. The van der Waals surface area contributed by atoms with Gasteiger partial charge in [-0.1, -0.05) is 24.6 Å². The van der Waals surface area contributed by atoms with Gasteiger partial charge in [-0.05, 0) is 62.6 Å². The first kappa shape index (κ1) is 22.3. The minimum atomic E-state index is -0.676. The third-order valence-electron chi connectivity index (χ3n) is 5.24. The zero-order valence-corrected chi connectivity index (χ0v) is 19.7. The van der Waals surface area contributed by atoms with Gasteiger partial charge in [0.1, 0.15) is 12.3 Å². The van der Waals surface area contributed by atoms with Crippen LogP contribution in [-0.2, 0) is 16.0 Å². The topological polar surface area (TPSA) is 71.5 Å². The number of halogens is 1. The lowest BCUT2D eigenvalue weighted by molar-refractivity contribution is -0.127. The van der Waals surface area contributed by atoms with Crippen LogP contribution in [0.1, 0.15) is 30.8 Å². The molecule has 0 aliphatic carbocycles. The fourth-order valence-electron chi connectivity index (χ4n) is 3.52. The molecular weight excluding hydrogens is 446 g/mol. The van der Waals surface area contributed by atoms with Crippen LogP contribution in [0.5, 0.6) is 5.75 Å². The second kappa shape index (κ2) is 9.30. The second-order valence-electron chi connectivity index (χ2n) is 7.76. The SMILES string of the molecule is CCCc1nc(-c2ccc3c(c2)N(CC(=O)Nc2ccc(C)c(Cl)c2)C(=O)C(C)O3)cs1. The number of ether oxygens (including phenoxy) is 1. The number of hydrogen-bond acceptors (Lipinski definition) is 5. The molecule has 32 heavy (non-hydrogen) atoms. The van der Waals surface area contributed by atoms with Gasteiger partial charge < -0.3 is 10.1 Å². The number of fused-ring (bicyclic) bond motifs is 1. The minimum absolute atomic E-state index is 0.132. The molecule has 1 N–H and O–H groups in total. The molecule has 1 aliphatic heterocycles. The summed E-state index contributed by atoms with van der Waals surface area (Å²) in [4.78, 5) is 31.8. The van der Waals surface area contributed by atoms with Crippen molar-refractivity contribution in [3.8, 4) is 17.0 Å². The van der Waals surface area contributed by atoms with Crippen LogP contribution < -0.4 is 15.0 Å². The van der Waals surface area contributed by atoms with Crippen molar-refractivity contribution in [1.82, 2.24) is 4.98 Å². The maximum Gasteiger partial charge on any atom is 0.268 e. The van der Waals surface area contributed by atoms with Gasteiger partial charge in [0.25, 0.3) is 5.91 Å². The molecule has 1 atom stereocenters. The second-order valence-corrected chi connectivity index (χ2v) is 9.11. The molecule has 1 aliphatic rings. The molecule has 1 aromatic heterocycles. The number of nitrogens with zero attached hydrogens (tertiary/aromatic N) is 2. The molecule has 8 heteroatoms. The number of anilines is 2. The fraction of sp³-hybridized carbons (Fsp3) is 0.292. The van der Waals surface area contributed by atoms with Crippen LogP contribution in [-0.4, -0.2) is 29.4 Å². The summed E-state index contributed by atoms with van der Waals surface area (Å²) in [5, 5.41) is 6.48. The van der Waals surface area contributed by atoms with E-state index in [9.17, 15) is 9.59 Å². The molecule has 6 nitrogen and oxygen atoms in total. The Morgan fingerprint density at radius 3 is 2.84 bits per heavy atom. The van der Waals surface area contributed by atoms with Gasteiger partial charge in [-0.3, -0.25) is 14.5 Å². The summed E-state index contributed by atoms with van der Waals surface area (Å²) in [6, 6.07) is 10.9. The molecule has 166 valence electrons. The van der Waals surface area contributed by atoms with E-state index in [1.165, 1.54) is 4.90 Å². The molecule has 0 bridgehead atoms. The Bertz CT molecular complexity index is 1180. The number of rotatable bonds is 6. The number of carbonyl (C=O) groups excluding carboxylic acids is 2. The van der Waals surface area contributed by atoms with Gasteiger partial charge in [0.05, 0.1) is 16.4 Å². The normalized spacial score (nSPS) is 15.3. The van der Waals surface area contributed by atoms with Crippen LogP contribution in [0.15, 0.2) is 41.8 Å². The van der Waals surface area contributed by atoms with E-state index in [0.717, 1.165) is 34.7 Å². The summed E-state index contributed by atoms with van der Waals surface area (Å²) in [5.74, 6) is -0.0182. The first-order valence-electron chi connectivity index (χ1n) is 10.5. The first-order valence-corrected chi connectivity index (χ1v) is 11.7. The minimum Gasteiger partial charge on any atom is -0.479 e. The van der Waals surface area contributed by atoms with Gasteiger partial charge in [-0.15, -0.1) is 11.3 Å². The number of nitrogens with one attached hydrogen (secondary N) is 1. The van der Waals surface area contributed by atoms with Gasteiger partial charge >= 0.3 is 0 Å². The van der Waals surface area contributed by atoms with E-state index < -0.39 is 6.10 Å². The van der Waals surface area contributed by atoms with Gasteiger partial charge in [-0.2, -0.15) is 0 Å². The molecule has 2 amide bonds. The Kier molecular flexibility index (Phi) is 6.48. The zero-order chi connectivity index (χ0) is 22.8. The number of aromatic nitrogens is 1. The molecule has 2 heterocycles. The lowest BCUT2D eigenvalue weighted by Gasteiger charge is -2.32. The third kappa shape index (κ3) is 4.64. The van der Waals surface area contributed by atoms with E-state index in [1.807, 2.05) is 36.6 Å². The number of thiazole rings is 1. The number of aryl methyl sites for hydroxylation is 2. The maximum absolute atomic E-state index is 12.9. The molecule has 0 spiro atoms. The lowest BCUT2D eigenvalue weighted by atomic mass is 10.1. The quantitative estimate of drug-likeness (QED) is 0.519. The van der Waals surface area contributed by atoms with Crippen molar-refractivity contribution in [2.24, 2.45) is 0 Å². The summed E-state index contributed by atoms with van der Waals surface area (Å²) in [6.07, 6.45) is 1.29. The van der Waals surface area contributed by atoms with Crippen molar-refractivity contribution in [3.05, 3.63) is 57.4 Å². The van der Waals surface area contributed by atoms with E-state index in [-0.39, 0.29) is 18.4 Å². The van der Waals surface area contributed by atoms with Crippen molar-refractivity contribution in [3.63, 3.8) is 0 Å². The Labute approximate surface area is 196 Å². The molecule has 0 saturated heterocycles. The van der Waals surface area contributed by atoms with Crippen LogP contribution in [0.25, 0.3) is 11.3 Å². The predicted molar refractivity (Wildman–Crippen MR) is 129 cm³/mol. The molecule has 0 saturated carbocycles. The number of carbonyl (C=O) groups is 2. The van der Waals surface area contributed by atoms with Crippen molar-refractivity contribution >= 4 is 46.1 Å². The first-order chi connectivity index (χ1) is 15.4. The lowest BCUT2D eigenvalue weighted by Crippen LogP contribution is -2.47. The molecule has 2 aromatic carbocycles. The summed E-state index contributed by atoms with van der Waals surface area (Å²) in [5.41, 5.74) is 3.80. The van der Waals surface area contributed by atoms with Crippen LogP contribution >= 0.6 is 22.9 Å². The van der Waals surface area contributed by atoms with Crippen molar-refractivity contribution in [2.75, 3.05) is 16.8 Å². The Morgan fingerprint density at radius 1 is 1.28 bits per heavy atom. The maximum atomic E-state index is 12.9. The van der Waals surface area contributed by atoms with Crippen LogP contribution in [0.3, 0.4) is 0 Å². The monoisotopic (exact) mass is 469 g/mol. The van der Waals surface area contributed by atoms with Crippen molar-refractivity contribution in [2.45, 2.75) is 39.7 Å². The summed E-state index contributed by atoms with van der Waals surface area (Å²) in [7, 11) is 0. The van der Waals surface area contributed by atoms with Crippen LogP contribution in [0.2, 0.25) is 5.02 Å². The predicted octanol–water partition coefficient (Wildman–Crippen LogP) is 5.48. The van der Waals surface area contributed by atoms with Gasteiger partial charge in [0, 0.05) is 21.7 Å². The summed E-state index contributed by atoms with van der Waals surface area (Å²) >= 11 is 7.78. The number of hydrogen-bond donors (Lipinski definition) is 1. The molecule has 1 unspecified atom stereocenters. The van der Waals surface area contributed by atoms with Crippen molar-refractivity contribution in [1.29, 1.82) is 0 Å². The van der Waals surface area contributed by atoms with Gasteiger partial charge in [-0.25, -0.2) is 4.98 Å². The van der Waals surface area contributed by atoms with Crippen LogP contribution in [0.4, 0.5) is 11.4 Å². The largest absolute Gasteiger partial charge is 0.479 e. The van der Waals surface area contributed by atoms with E-state index in [2.05, 4.69) is 12.2 Å². The highest BCUT2D eigenvalue weighted by Crippen LogP contribution is 2.38. The molecule has 0 fully saturated rings. The number of amides is 2. The Hall–Kier alpha value is -2.90. The molecule has 0 radical (unpaired) electrons. The van der Waals surface area contributed by atoms with Gasteiger partial charge in [0.15, 0.2) is 6.10 Å². The van der Waals surface area contributed by atoms with Gasteiger partial charge in [0.2, 0.25) is 5.91 Å². The average molecular weight is 470 g/mol. The molecular formula is C24H24ClN3O3S. The van der Waals surface area contributed by atoms with E-state index >= 15 is 0 Å². The smallest absolute Gasteiger partial charge is 0.268 e. The summed E-state index contributed by atoms with van der Waals surface area (Å²) in [6.45, 7) is 5.56. The zero-order valence-electron chi connectivity index (χ0n) is 18.1. The summed E-state index contributed by atoms with van der Waals surface area (Å²) < 4.78 is 5.78. The Morgan fingerprint density at radius 2 is 2.09 bits per heavy atom. The highest BCUT2D eigenvalue weighted by Gasteiger charge is 2.33. The third-order valence-corrected chi connectivity index (χ3v) is 6.55. The highest BCUT2D eigenvalue weighted by atomic mass is 35.5. The van der Waals surface area contributed by atoms with Crippen molar-refractivity contribution < 1.29 is 14.3 Å². The van der Waals surface area contributed by atoms with E-state index in [1.54, 1.807) is 30.4 Å². The highest BCUT2D eigenvalue weighted by molar-refractivity contribution is 7.09. The standard InChI is InChI=1S/C24H24ClN3O3S/c1-4-5-23-27-19(13-32-23)16-7-9-21-20(10-16)28(24(30)15(3)31-21)12-22(29)26-17-8-6-14(2)18(25)11-17/h6-11,13,15H,4-5,12H2,1-3H3,(H,26,29). The van der Waals surface area contributed by atoms with E-state index in [0.29, 0.717) is 22.1 Å².